The van der Waals surface area contributed by atoms with Crippen molar-refractivity contribution >= 4 is 24.0 Å². The smallest absolute Gasteiger partial charge is 0.244 e. The Morgan fingerprint density at radius 2 is 1.84 bits per heavy atom. The summed E-state index contributed by atoms with van der Waals surface area (Å²) in [5.41, 5.74) is 5.69. The molecule has 0 aliphatic heterocycles. The molecule has 6 nitrogen and oxygen atoms in total. The lowest BCUT2D eigenvalue weighted by Gasteiger charge is -2.22. The van der Waals surface area contributed by atoms with Gasteiger partial charge in [0, 0.05) is 6.07 Å². The number of carbonyl (C=O) groups excluding carboxylic acids is 1. The standard InChI is InChI=1S/C18H23N3O3.ClH/c1-4-11-18(2,19)17(22)21-13-5-10-16(20-12-13)24-15-8-6-14(23-3)7-9-15;/h5-10,12H,4,11,19H2,1-3H3,(H,21,22);1H. The van der Waals surface area contributed by atoms with Gasteiger partial charge in [0.05, 0.1) is 24.5 Å². The van der Waals surface area contributed by atoms with E-state index in [1.165, 1.54) is 0 Å². The number of anilines is 1. The Bertz CT molecular complexity index is 673. The van der Waals surface area contributed by atoms with Crippen molar-refractivity contribution in [3.05, 3.63) is 42.6 Å². The number of nitrogens with two attached hydrogens (primary N) is 1. The van der Waals surface area contributed by atoms with Crippen molar-refractivity contribution in [1.29, 1.82) is 0 Å². The Morgan fingerprint density at radius 1 is 1.20 bits per heavy atom. The second-order valence-electron chi connectivity index (χ2n) is 5.78. The number of methoxy groups -OCH3 is 1. The van der Waals surface area contributed by atoms with E-state index in [1.54, 1.807) is 56.6 Å². The number of hydrogen-bond acceptors (Lipinski definition) is 5. The molecule has 1 atom stereocenters. The number of ether oxygens (including phenoxy) is 2. The Hall–Kier alpha value is -2.31. The summed E-state index contributed by atoms with van der Waals surface area (Å²) in [6.07, 6.45) is 3.00. The fraction of sp³-hybridized carbons (Fsp3) is 0.333. The molecule has 1 amide bonds. The Labute approximate surface area is 154 Å². The van der Waals surface area contributed by atoms with Gasteiger partial charge in [0.25, 0.3) is 0 Å². The second-order valence-corrected chi connectivity index (χ2v) is 5.78. The summed E-state index contributed by atoms with van der Waals surface area (Å²) < 4.78 is 10.7. The SMILES string of the molecule is CCCC(C)(N)C(=O)Nc1ccc(Oc2ccc(OC)cc2)nc1.Cl. The predicted molar refractivity (Wildman–Crippen MR) is 101 cm³/mol. The number of nitrogens with zero attached hydrogens (tertiary/aromatic N) is 1. The molecule has 1 unspecified atom stereocenters. The quantitative estimate of drug-likeness (QED) is 0.780. The van der Waals surface area contributed by atoms with Gasteiger partial charge in [-0.05, 0) is 43.7 Å². The minimum Gasteiger partial charge on any atom is -0.497 e. The maximum absolute atomic E-state index is 12.2. The summed E-state index contributed by atoms with van der Waals surface area (Å²) in [5, 5.41) is 2.77. The van der Waals surface area contributed by atoms with E-state index in [4.69, 9.17) is 15.2 Å². The average molecular weight is 366 g/mol. The molecule has 0 saturated carbocycles. The third-order valence-electron chi connectivity index (χ3n) is 3.56. The first-order chi connectivity index (χ1) is 11.4. The second kappa shape index (κ2) is 9.25. The van der Waals surface area contributed by atoms with Crippen molar-refractivity contribution in [3.8, 4) is 17.4 Å². The van der Waals surface area contributed by atoms with Gasteiger partial charge in [-0.15, -0.1) is 12.4 Å². The summed E-state index contributed by atoms with van der Waals surface area (Å²) in [6, 6.07) is 10.6. The largest absolute Gasteiger partial charge is 0.497 e. The van der Waals surface area contributed by atoms with Crippen LogP contribution in [0.25, 0.3) is 0 Å². The monoisotopic (exact) mass is 365 g/mol. The van der Waals surface area contributed by atoms with Crippen molar-refractivity contribution in [3.63, 3.8) is 0 Å². The molecule has 2 rings (SSSR count). The van der Waals surface area contributed by atoms with Crippen LogP contribution in [0.4, 0.5) is 5.69 Å². The molecule has 1 aromatic carbocycles. The van der Waals surface area contributed by atoms with Crippen molar-refractivity contribution in [2.24, 2.45) is 5.73 Å². The summed E-state index contributed by atoms with van der Waals surface area (Å²) in [5.74, 6) is 1.61. The molecule has 1 aromatic heterocycles. The third-order valence-corrected chi connectivity index (χ3v) is 3.56. The van der Waals surface area contributed by atoms with E-state index in [-0.39, 0.29) is 18.3 Å². The van der Waals surface area contributed by atoms with Crippen LogP contribution < -0.4 is 20.5 Å². The van der Waals surface area contributed by atoms with Crippen LogP contribution in [0.1, 0.15) is 26.7 Å². The predicted octanol–water partition coefficient (Wildman–Crippen LogP) is 3.76. The number of carbonyl (C=O) groups is 1. The third kappa shape index (κ3) is 5.92. The van der Waals surface area contributed by atoms with Crippen molar-refractivity contribution in [2.75, 3.05) is 12.4 Å². The molecule has 1 heterocycles. The number of aromatic nitrogens is 1. The normalized spacial score (nSPS) is 12.5. The number of halogens is 1. The highest BCUT2D eigenvalue weighted by molar-refractivity contribution is 5.97. The fourth-order valence-corrected chi connectivity index (χ4v) is 2.19. The van der Waals surface area contributed by atoms with Crippen LogP contribution in [-0.4, -0.2) is 23.5 Å². The first kappa shape index (κ1) is 20.7. The van der Waals surface area contributed by atoms with E-state index < -0.39 is 5.54 Å². The zero-order valence-corrected chi connectivity index (χ0v) is 15.4. The minimum atomic E-state index is -0.896. The summed E-state index contributed by atoms with van der Waals surface area (Å²) in [6.45, 7) is 3.71. The van der Waals surface area contributed by atoms with E-state index in [0.717, 1.165) is 12.2 Å². The molecule has 0 spiro atoms. The Morgan fingerprint density at radius 3 is 2.36 bits per heavy atom. The lowest BCUT2D eigenvalue weighted by molar-refractivity contribution is -0.120. The molecular formula is C18H24ClN3O3. The summed E-state index contributed by atoms with van der Waals surface area (Å²) in [7, 11) is 1.61. The van der Waals surface area contributed by atoms with E-state index in [2.05, 4.69) is 10.3 Å². The van der Waals surface area contributed by atoms with Crippen LogP contribution in [0.5, 0.6) is 17.4 Å². The lowest BCUT2D eigenvalue weighted by Crippen LogP contribution is -2.48. The number of rotatable bonds is 7. The zero-order chi connectivity index (χ0) is 17.6. The first-order valence-electron chi connectivity index (χ1n) is 7.83. The van der Waals surface area contributed by atoms with Gasteiger partial charge >= 0.3 is 0 Å². The highest BCUT2D eigenvalue weighted by atomic mass is 35.5. The molecule has 0 radical (unpaired) electrons. The molecule has 25 heavy (non-hydrogen) atoms. The van der Waals surface area contributed by atoms with Crippen LogP contribution >= 0.6 is 12.4 Å². The fourth-order valence-electron chi connectivity index (χ4n) is 2.19. The maximum Gasteiger partial charge on any atom is 0.244 e. The summed E-state index contributed by atoms with van der Waals surface area (Å²) in [4.78, 5) is 16.3. The molecule has 3 N–H and O–H groups in total. The number of hydrogen-bond donors (Lipinski definition) is 2. The zero-order valence-electron chi connectivity index (χ0n) is 14.6. The highest BCUT2D eigenvalue weighted by Crippen LogP contribution is 2.23. The van der Waals surface area contributed by atoms with E-state index >= 15 is 0 Å². The molecule has 0 aliphatic carbocycles. The van der Waals surface area contributed by atoms with Gasteiger partial charge in [0.15, 0.2) is 0 Å². The minimum absolute atomic E-state index is 0. The van der Waals surface area contributed by atoms with E-state index in [9.17, 15) is 4.79 Å². The van der Waals surface area contributed by atoms with Crippen LogP contribution in [0.3, 0.4) is 0 Å². The lowest BCUT2D eigenvalue weighted by atomic mass is 9.96. The molecule has 0 saturated heterocycles. The van der Waals surface area contributed by atoms with Gasteiger partial charge in [0.1, 0.15) is 11.5 Å². The van der Waals surface area contributed by atoms with Gasteiger partial charge in [-0.3, -0.25) is 4.79 Å². The van der Waals surface area contributed by atoms with Gasteiger partial charge < -0.3 is 20.5 Å². The maximum atomic E-state index is 12.2. The Kier molecular flexibility index (Phi) is 7.67. The topological polar surface area (TPSA) is 86.5 Å². The number of amides is 1. The van der Waals surface area contributed by atoms with E-state index in [1.807, 2.05) is 6.92 Å². The summed E-state index contributed by atoms with van der Waals surface area (Å²) >= 11 is 0. The van der Waals surface area contributed by atoms with Gasteiger partial charge in [0.2, 0.25) is 11.8 Å². The van der Waals surface area contributed by atoms with Gasteiger partial charge in [-0.1, -0.05) is 13.3 Å². The van der Waals surface area contributed by atoms with Crippen LogP contribution in [0, 0.1) is 0 Å². The average Bonchev–Trinajstić information content (AvgIpc) is 2.57. The van der Waals surface area contributed by atoms with Crippen molar-refractivity contribution in [2.45, 2.75) is 32.2 Å². The molecule has 0 fully saturated rings. The van der Waals surface area contributed by atoms with Crippen molar-refractivity contribution in [1.82, 2.24) is 4.98 Å². The van der Waals surface area contributed by atoms with Gasteiger partial charge in [-0.25, -0.2) is 4.98 Å². The number of benzene rings is 1. The van der Waals surface area contributed by atoms with Crippen molar-refractivity contribution < 1.29 is 14.3 Å². The molecule has 7 heteroatoms. The number of pyridine rings is 1. The van der Waals surface area contributed by atoms with Crippen LogP contribution in [0.2, 0.25) is 0 Å². The number of nitrogens with one attached hydrogen (secondary N) is 1. The van der Waals surface area contributed by atoms with Crippen LogP contribution in [-0.2, 0) is 4.79 Å². The Balaban J connectivity index is 0.00000312. The molecule has 136 valence electrons. The molecule has 0 bridgehead atoms. The highest BCUT2D eigenvalue weighted by Gasteiger charge is 2.27. The molecular weight excluding hydrogens is 342 g/mol. The van der Waals surface area contributed by atoms with Gasteiger partial charge in [-0.2, -0.15) is 0 Å². The first-order valence-corrected chi connectivity index (χ1v) is 7.83. The van der Waals surface area contributed by atoms with Crippen LogP contribution in [0.15, 0.2) is 42.6 Å². The molecule has 0 aliphatic rings. The molecule has 2 aromatic rings. The van der Waals surface area contributed by atoms with E-state index in [0.29, 0.717) is 23.7 Å².